The largest absolute Gasteiger partial charge is 0.310 e. The average molecular weight is 726 g/mol. The summed E-state index contributed by atoms with van der Waals surface area (Å²) in [5.41, 5.74) is 23.7. The van der Waals surface area contributed by atoms with Crippen molar-refractivity contribution in [2.24, 2.45) is 0 Å². The zero-order valence-electron chi connectivity index (χ0n) is 34.3. The molecule has 3 aliphatic carbocycles. The lowest BCUT2D eigenvalue weighted by Crippen LogP contribution is -2.18. The molecular formula is C55H51N. The highest BCUT2D eigenvalue weighted by atomic mass is 15.1. The molecule has 3 aliphatic rings. The van der Waals surface area contributed by atoms with E-state index in [1.165, 1.54) is 94.8 Å². The molecule has 0 saturated heterocycles. The van der Waals surface area contributed by atoms with Crippen molar-refractivity contribution in [1.82, 2.24) is 0 Å². The normalized spacial score (nSPS) is 16.0. The van der Waals surface area contributed by atoms with Gasteiger partial charge in [0.05, 0.1) is 5.69 Å². The fourth-order valence-corrected chi connectivity index (χ4v) is 10.3. The van der Waals surface area contributed by atoms with Gasteiger partial charge < -0.3 is 4.90 Å². The molecule has 0 unspecified atom stereocenters. The summed E-state index contributed by atoms with van der Waals surface area (Å²) in [4.78, 5) is 2.53. The molecule has 0 fully saturated rings. The van der Waals surface area contributed by atoms with Crippen LogP contribution in [0.2, 0.25) is 0 Å². The van der Waals surface area contributed by atoms with Gasteiger partial charge in [-0.2, -0.15) is 0 Å². The van der Waals surface area contributed by atoms with E-state index in [2.05, 4.69) is 213 Å². The number of hydrogen-bond acceptors (Lipinski definition) is 1. The van der Waals surface area contributed by atoms with Crippen molar-refractivity contribution in [2.45, 2.75) is 84.0 Å². The van der Waals surface area contributed by atoms with Gasteiger partial charge in [-0.05, 0) is 126 Å². The van der Waals surface area contributed by atoms with Crippen LogP contribution in [0.1, 0.15) is 101 Å². The lowest BCUT2D eigenvalue weighted by atomic mass is 9.78. The minimum Gasteiger partial charge on any atom is -0.310 e. The van der Waals surface area contributed by atoms with Gasteiger partial charge in [-0.25, -0.2) is 0 Å². The fraction of sp³-hybridized carbons (Fsp3) is 0.236. The van der Waals surface area contributed by atoms with E-state index in [1.807, 2.05) is 0 Å². The Morgan fingerprint density at radius 2 is 0.893 bits per heavy atom. The quantitative estimate of drug-likeness (QED) is 0.175. The Hall–Kier alpha value is -5.66. The zero-order chi connectivity index (χ0) is 38.9. The number of fused-ring (bicyclic) bond motifs is 9. The lowest BCUT2D eigenvalue weighted by molar-refractivity contribution is 0.584. The van der Waals surface area contributed by atoms with E-state index in [4.69, 9.17) is 0 Å². The summed E-state index contributed by atoms with van der Waals surface area (Å²) in [6.45, 7) is 21.4. The molecule has 276 valence electrons. The molecule has 0 heterocycles. The second-order valence-corrected chi connectivity index (χ2v) is 19.1. The highest BCUT2D eigenvalue weighted by Crippen LogP contribution is 2.59. The van der Waals surface area contributed by atoms with E-state index < -0.39 is 0 Å². The fourth-order valence-electron chi connectivity index (χ4n) is 10.3. The van der Waals surface area contributed by atoms with Crippen LogP contribution in [0.15, 0.2) is 146 Å². The molecule has 0 spiro atoms. The maximum Gasteiger partial charge on any atom is 0.0543 e. The summed E-state index contributed by atoms with van der Waals surface area (Å²) in [6.07, 6.45) is 0. The summed E-state index contributed by atoms with van der Waals surface area (Å²) < 4.78 is 0. The second kappa shape index (κ2) is 11.7. The van der Waals surface area contributed by atoms with E-state index >= 15 is 0 Å². The van der Waals surface area contributed by atoms with E-state index in [9.17, 15) is 0 Å². The first-order valence-corrected chi connectivity index (χ1v) is 20.4. The van der Waals surface area contributed by atoms with E-state index in [0.717, 1.165) is 5.69 Å². The molecular weight excluding hydrogens is 675 g/mol. The van der Waals surface area contributed by atoms with Gasteiger partial charge >= 0.3 is 0 Å². The molecule has 0 bridgehead atoms. The van der Waals surface area contributed by atoms with Crippen LogP contribution < -0.4 is 4.90 Å². The summed E-state index contributed by atoms with van der Waals surface area (Å²) in [7, 11) is 0. The van der Waals surface area contributed by atoms with Crippen molar-refractivity contribution in [2.75, 3.05) is 4.90 Å². The van der Waals surface area contributed by atoms with Crippen molar-refractivity contribution in [3.8, 4) is 44.5 Å². The molecule has 0 amide bonds. The third kappa shape index (κ3) is 4.86. The van der Waals surface area contributed by atoms with Crippen LogP contribution in [-0.4, -0.2) is 0 Å². The van der Waals surface area contributed by atoms with Gasteiger partial charge in [-0.15, -0.1) is 0 Å². The smallest absolute Gasteiger partial charge is 0.0543 e. The van der Waals surface area contributed by atoms with Gasteiger partial charge in [0, 0.05) is 33.2 Å². The molecule has 0 radical (unpaired) electrons. The SMILES string of the molecule is CC(C)(C)c1ccc2c(c1)C(C)(C)c1cc3c(cc1-2)C(C)(C)c1cccc(N(c2ccc(-c4ccccc4)cc2)c2ccc4c(c2)C(C)(C)c2ccccc2-4)c1-3. The zero-order valence-corrected chi connectivity index (χ0v) is 34.3. The van der Waals surface area contributed by atoms with Gasteiger partial charge in [0.2, 0.25) is 0 Å². The molecule has 0 saturated carbocycles. The number of nitrogens with zero attached hydrogens (tertiary/aromatic N) is 1. The topological polar surface area (TPSA) is 3.24 Å². The van der Waals surface area contributed by atoms with Crippen LogP contribution in [0.25, 0.3) is 44.5 Å². The molecule has 56 heavy (non-hydrogen) atoms. The number of hydrogen-bond donors (Lipinski definition) is 0. The Morgan fingerprint density at radius 1 is 0.375 bits per heavy atom. The molecule has 0 aromatic heterocycles. The van der Waals surface area contributed by atoms with E-state index in [0.29, 0.717) is 0 Å². The third-order valence-corrected chi connectivity index (χ3v) is 13.6. The van der Waals surface area contributed by atoms with Crippen molar-refractivity contribution in [1.29, 1.82) is 0 Å². The second-order valence-electron chi connectivity index (χ2n) is 19.1. The minimum absolute atomic E-state index is 0.0930. The first-order chi connectivity index (χ1) is 26.7. The molecule has 0 atom stereocenters. The molecule has 0 N–H and O–H groups in total. The van der Waals surface area contributed by atoms with Gasteiger partial charge in [0.25, 0.3) is 0 Å². The van der Waals surface area contributed by atoms with E-state index in [-0.39, 0.29) is 21.7 Å². The predicted molar refractivity (Wildman–Crippen MR) is 238 cm³/mol. The monoisotopic (exact) mass is 725 g/mol. The third-order valence-electron chi connectivity index (χ3n) is 13.6. The van der Waals surface area contributed by atoms with Crippen LogP contribution in [-0.2, 0) is 21.7 Å². The van der Waals surface area contributed by atoms with Crippen LogP contribution in [0, 0.1) is 0 Å². The van der Waals surface area contributed by atoms with Crippen LogP contribution in [0.3, 0.4) is 0 Å². The maximum absolute atomic E-state index is 2.57. The van der Waals surface area contributed by atoms with E-state index in [1.54, 1.807) is 0 Å². The van der Waals surface area contributed by atoms with Crippen LogP contribution >= 0.6 is 0 Å². The highest BCUT2D eigenvalue weighted by molar-refractivity contribution is 5.98. The Balaban J connectivity index is 1.19. The summed E-state index contributed by atoms with van der Waals surface area (Å²) >= 11 is 0. The molecule has 7 aromatic rings. The Bertz CT molecular complexity index is 2730. The summed E-state index contributed by atoms with van der Waals surface area (Å²) in [5, 5.41) is 0. The van der Waals surface area contributed by atoms with Gasteiger partial charge in [-0.1, -0.05) is 165 Å². The Morgan fingerprint density at radius 3 is 1.64 bits per heavy atom. The van der Waals surface area contributed by atoms with Crippen molar-refractivity contribution < 1.29 is 0 Å². The average Bonchev–Trinajstić information content (AvgIpc) is 3.67. The van der Waals surface area contributed by atoms with Crippen LogP contribution in [0.4, 0.5) is 17.1 Å². The van der Waals surface area contributed by atoms with Crippen LogP contribution in [0.5, 0.6) is 0 Å². The molecule has 0 aliphatic heterocycles. The summed E-state index contributed by atoms with van der Waals surface area (Å²) in [6, 6.07) is 55.4. The van der Waals surface area contributed by atoms with Gasteiger partial charge in [-0.3, -0.25) is 0 Å². The molecule has 1 nitrogen and oxygen atoms in total. The predicted octanol–water partition coefficient (Wildman–Crippen LogP) is 15.0. The van der Waals surface area contributed by atoms with Crippen molar-refractivity contribution >= 4 is 17.1 Å². The van der Waals surface area contributed by atoms with Crippen molar-refractivity contribution in [3.05, 3.63) is 185 Å². The number of benzene rings is 7. The maximum atomic E-state index is 2.57. The number of anilines is 3. The molecule has 7 aromatic carbocycles. The highest BCUT2D eigenvalue weighted by Gasteiger charge is 2.44. The number of rotatable bonds is 4. The summed E-state index contributed by atoms with van der Waals surface area (Å²) in [5.74, 6) is 0. The first kappa shape index (κ1) is 34.8. The van der Waals surface area contributed by atoms with Gasteiger partial charge in [0.15, 0.2) is 0 Å². The Kier molecular flexibility index (Phi) is 7.26. The molecule has 1 heteroatoms. The van der Waals surface area contributed by atoms with Gasteiger partial charge in [0.1, 0.15) is 0 Å². The standard InChI is InChI=1S/C55H51N/c1-52(2,3)36-24-28-41-42-32-49-43(33-48(42)55(8,9)46(41)30-36)51-45(54(49,6)7)20-15-21-50(51)56(37-25-22-35(23-26-37)34-16-11-10-12-17-34)38-27-29-40-39-18-13-14-19-44(39)53(4,5)47(40)31-38/h10-33H,1-9H3. The van der Waals surface area contributed by atoms with Crippen molar-refractivity contribution in [3.63, 3.8) is 0 Å². The first-order valence-electron chi connectivity index (χ1n) is 20.4. The lowest BCUT2D eigenvalue weighted by Gasteiger charge is -2.30. The Labute approximate surface area is 333 Å². The molecule has 10 rings (SSSR count). The minimum atomic E-state index is -0.168.